The highest BCUT2D eigenvalue weighted by Gasteiger charge is 1.90. The van der Waals surface area contributed by atoms with Crippen LogP contribution in [0, 0.1) is 0 Å². The lowest BCUT2D eigenvalue weighted by Crippen LogP contribution is -1.67. The summed E-state index contributed by atoms with van der Waals surface area (Å²) in [6.45, 7) is 0. The monoisotopic (exact) mass is 268 g/mol. The van der Waals surface area contributed by atoms with E-state index in [0.717, 1.165) is 0 Å². The van der Waals surface area contributed by atoms with Gasteiger partial charge in [-0.25, -0.2) is 0 Å². The Balaban J connectivity index is 0.000000114. The highest BCUT2D eigenvalue weighted by molar-refractivity contribution is 7.25. The molecular formula is C16H12S2. The van der Waals surface area contributed by atoms with Crippen LogP contribution in [0.2, 0.25) is 0 Å². The first kappa shape index (κ1) is 11.5. The predicted octanol–water partition coefficient (Wildman–Crippen LogP) is 5.80. The van der Waals surface area contributed by atoms with E-state index in [1.165, 1.54) is 20.2 Å². The Morgan fingerprint density at radius 2 is 0.889 bits per heavy atom. The first-order valence-corrected chi connectivity index (χ1v) is 7.54. The van der Waals surface area contributed by atoms with Crippen LogP contribution in [0.15, 0.2) is 71.4 Å². The summed E-state index contributed by atoms with van der Waals surface area (Å²) in [4.78, 5) is 0. The molecule has 2 heterocycles. The van der Waals surface area contributed by atoms with E-state index in [1.807, 2.05) is 0 Å². The third-order valence-electron chi connectivity index (χ3n) is 2.73. The van der Waals surface area contributed by atoms with Gasteiger partial charge in [0.25, 0.3) is 0 Å². The summed E-state index contributed by atoms with van der Waals surface area (Å²) in [5.74, 6) is 0. The minimum atomic E-state index is 1.31. The van der Waals surface area contributed by atoms with Crippen molar-refractivity contribution in [3.05, 3.63) is 71.4 Å². The summed E-state index contributed by atoms with van der Waals surface area (Å²) in [5.41, 5.74) is 0. The molecule has 0 N–H and O–H groups in total. The van der Waals surface area contributed by atoms with Crippen molar-refractivity contribution in [3.63, 3.8) is 0 Å². The quantitative estimate of drug-likeness (QED) is 0.378. The Kier molecular flexibility index (Phi) is 3.40. The molecule has 0 amide bonds. The lowest BCUT2D eigenvalue weighted by atomic mass is 10.1. The van der Waals surface area contributed by atoms with Crippen molar-refractivity contribution in [1.29, 1.82) is 0 Å². The number of fused-ring (bicyclic) bond motifs is 2. The standard InChI is InChI=1S/C10H8.C6H4S2/c1-2-6-10-8-4-3-7-9(10)5-1;1-3-7-6-2-4-8-5(1)6/h1-8H;1-4H. The fourth-order valence-corrected chi connectivity index (χ4v) is 3.65. The number of rotatable bonds is 0. The Hall–Kier alpha value is -1.64. The van der Waals surface area contributed by atoms with Gasteiger partial charge in [-0.2, -0.15) is 0 Å². The summed E-state index contributed by atoms with van der Waals surface area (Å²) < 4.78 is 2.82. The van der Waals surface area contributed by atoms with E-state index in [9.17, 15) is 0 Å². The average Bonchev–Trinajstić information content (AvgIpc) is 3.03. The molecule has 0 radical (unpaired) electrons. The minimum Gasteiger partial charge on any atom is -0.143 e. The first-order chi connectivity index (χ1) is 8.93. The number of thiophene rings is 2. The van der Waals surface area contributed by atoms with Gasteiger partial charge in [-0.15, -0.1) is 22.7 Å². The fourth-order valence-electron chi connectivity index (χ4n) is 1.83. The van der Waals surface area contributed by atoms with Crippen molar-refractivity contribution in [3.8, 4) is 0 Å². The average molecular weight is 268 g/mol. The SMILES string of the molecule is c1cc2sccc2s1.c1ccc2ccccc2c1. The molecule has 18 heavy (non-hydrogen) atoms. The number of hydrogen-bond acceptors (Lipinski definition) is 2. The van der Waals surface area contributed by atoms with Gasteiger partial charge in [0.05, 0.1) is 0 Å². The minimum absolute atomic E-state index is 1.31. The van der Waals surface area contributed by atoms with E-state index in [0.29, 0.717) is 0 Å². The second-order valence-electron chi connectivity index (χ2n) is 3.92. The van der Waals surface area contributed by atoms with Gasteiger partial charge >= 0.3 is 0 Å². The van der Waals surface area contributed by atoms with Gasteiger partial charge in [-0.05, 0) is 33.7 Å². The third kappa shape index (κ3) is 2.45. The van der Waals surface area contributed by atoms with Crippen molar-refractivity contribution in [2.75, 3.05) is 0 Å². The molecule has 4 rings (SSSR count). The Labute approximate surface area is 114 Å². The van der Waals surface area contributed by atoms with Gasteiger partial charge in [0.1, 0.15) is 0 Å². The van der Waals surface area contributed by atoms with Crippen LogP contribution in [0.5, 0.6) is 0 Å². The van der Waals surface area contributed by atoms with Crippen molar-refractivity contribution in [1.82, 2.24) is 0 Å². The summed E-state index contributed by atoms with van der Waals surface area (Å²) in [6.07, 6.45) is 0. The summed E-state index contributed by atoms with van der Waals surface area (Å²) in [6, 6.07) is 21.0. The lowest BCUT2D eigenvalue weighted by Gasteiger charge is -1.92. The van der Waals surface area contributed by atoms with E-state index in [2.05, 4.69) is 71.4 Å². The van der Waals surface area contributed by atoms with E-state index in [4.69, 9.17) is 0 Å². The maximum absolute atomic E-state index is 2.16. The smallest absolute Gasteiger partial charge is 0.0450 e. The van der Waals surface area contributed by atoms with Gasteiger partial charge in [-0.3, -0.25) is 0 Å². The van der Waals surface area contributed by atoms with E-state index in [-0.39, 0.29) is 0 Å². The maximum Gasteiger partial charge on any atom is 0.0450 e. The highest BCUT2D eigenvalue weighted by Crippen LogP contribution is 2.25. The van der Waals surface area contributed by atoms with Gasteiger partial charge < -0.3 is 0 Å². The Morgan fingerprint density at radius 3 is 1.28 bits per heavy atom. The summed E-state index contributed by atoms with van der Waals surface area (Å²) >= 11 is 3.61. The number of hydrogen-bond donors (Lipinski definition) is 0. The van der Waals surface area contributed by atoms with Crippen molar-refractivity contribution < 1.29 is 0 Å². The van der Waals surface area contributed by atoms with Crippen LogP contribution in [-0.4, -0.2) is 0 Å². The molecule has 0 saturated carbocycles. The van der Waals surface area contributed by atoms with Crippen molar-refractivity contribution in [2.24, 2.45) is 0 Å². The normalized spacial score (nSPS) is 10.2. The van der Waals surface area contributed by atoms with Crippen LogP contribution in [0.4, 0.5) is 0 Å². The fraction of sp³-hybridized carbons (Fsp3) is 0. The molecular weight excluding hydrogens is 256 g/mol. The molecule has 0 nitrogen and oxygen atoms in total. The van der Waals surface area contributed by atoms with Crippen LogP contribution in [0.25, 0.3) is 20.2 Å². The van der Waals surface area contributed by atoms with Crippen molar-refractivity contribution in [2.45, 2.75) is 0 Å². The van der Waals surface area contributed by atoms with E-state index in [1.54, 1.807) is 22.7 Å². The molecule has 0 unspecified atom stereocenters. The molecule has 2 aromatic heterocycles. The molecule has 0 bridgehead atoms. The molecule has 0 aliphatic heterocycles. The topological polar surface area (TPSA) is 0 Å². The number of benzene rings is 2. The van der Waals surface area contributed by atoms with Crippen LogP contribution >= 0.6 is 22.7 Å². The third-order valence-corrected chi connectivity index (χ3v) is 4.62. The molecule has 0 aliphatic rings. The second-order valence-corrected chi connectivity index (χ2v) is 5.81. The van der Waals surface area contributed by atoms with Crippen LogP contribution in [-0.2, 0) is 0 Å². The largest absolute Gasteiger partial charge is 0.143 e. The maximum atomic E-state index is 2.16. The summed E-state index contributed by atoms with van der Waals surface area (Å²) in [7, 11) is 0. The molecule has 0 spiro atoms. The van der Waals surface area contributed by atoms with Crippen molar-refractivity contribution >= 4 is 42.8 Å². The second kappa shape index (κ2) is 5.34. The zero-order valence-corrected chi connectivity index (χ0v) is 11.4. The van der Waals surface area contributed by atoms with E-state index >= 15 is 0 Å². The van der Waals surface area contributed by atoms with Crippen LogP contribution in [0.1, 0.15) is 0 Å². The molecule has 0 fully saturated rings. The van der Waals surface area contributed by atoms with Gasteiger partial charge in [0.2, 0.25) is 0 Å². The highest BCUT2D eigenvalue weighted by atomic mass is 32.1. The van der Waals surface area contributed by atoms with Crippen LogP contribution in [0.3, 0.4) is 0 Å². The zero-order valence-electron chi connectivity index (χ0n) is 9.74. The lowest BCUT2D eigenvalue weighted by molar-refractivity contribution is 1.75. The zero-order chi connectivity index (χ0) is 12.2. The summed E-state index contributed by atoms with van der Waals surface area (Å²) in [5, 5.41) is 6.87. The molecule has 2 aromatic carbocycles. The molecule has 0 saturated heterocycles. The van der Waals surface area contributed by atoms with Crippen LogP contribution < -0.4 is 0 Å². The predicted molar refractivity (Wildman–Crippen MR) is 83.7 cm³/mol. The van der Waals surface area contributed by atoms with Gasteiger partial charge in [-0.1, -0.05) is 48.5 Å². The Bertz CT molecular complexity index is 633. The molecule has 0 aliphatic carbocycles. The molecule has 0 atom stereocenters. The first-order valence-electron chi connectivity index (χ1n) is 5.78. The van der Waals surface area contributed by atoms with Gasteiger partial charge in [0.15, 0.2) is 0 Å². The molecule has 4 aromatic rings. The Morgan fingerprint density at radius 1 is 0.500 bits per heavy atom. The van der Waals surface area contributed by atoms with Gasteiger partial charge in [0, 0.05) is 9.40 Å². The van der Waals surface area contributed by atoms with E-state index < -0.39 is 0 Å². The molecule has 88 valence electrons. The molecule has 2 heteroatoms.